The van der Waals surface area contributed by atoms with E-state index in [0.717, 1.165) is 31.1 Å². The molecule has 0 unspecified atom stereocenters. The number of rotatable bonds is 4. The largest absolute Gasteiger partial charge is 0.412 e. The molecule has 0 saturated heterocycles. The van der Waals surface area contributed by atoms with E-state index in [1.54, 1.807) is 18.2 Å². The summed E-state index contributed by atoms with van der Waals surface area (Å²) in [6.45, 7) is 8.21. The Morgan fingerprint density at radius 2 is 1.77 bits per heavy atom. The Labute approximate surface area is 133 Å². The van der Waals surface area contributed by atoms with Crippen molar-refractivity contribution in [3.05, 3.63) is 60.2 Å². The fourth-order valence-electron chi connectivity index (χ4n) is 1.24. The number of hydrogen-bond donors (Lipinski definition) is 3. The van der Waals surface area contributed by atoms with Crippen LogP contribution in [0.2, 0.25) is 0 Å². The molecular formula is C17H28N2O3. The first-order valence-corrected chi connectivity index (χ1v) is 6.56. The maximum Gasteiger partial charge on any atom is 0.150 e. The van der Waals surface area contributed by atoms with Crippen LogP contribution in [-0.2, 0) is 4.79 Å². The third-order valence-electron chi connectivity index (χ3n) is 2.25. The zero-order valence-electron chi connectivity index (χ0n) is 13.5. The zero-order chi connectivity index (χ0) is 16.7. The lowest BCUT2D eigenvalue weighted by Crippen LogP contribution is -1.93. The maximum absolute atomic E-state index is 11.0. The smallest absolute Gasteiger partial charge is 0.150 e. The van der Waals surface area contributed by atoms with E-state index in [2.05, 4.69) is 6.58 Å². The van der Waals surface area contributed by atoms with E-state index in [0.29, 0.717) is 11.3 Å². The highest BCUT2D eigenvalue weighted by Gasteiger charge is 2.02. The first kappa shape index (κ1) is 24.8. The Kier molecular flexibility index (Phi) is 19.0. The van der Waals surface area contributed by atoms with Crippen LogP contribution in [0.3, 0.4) is 0 Å². The van der Waals surface area contributed by atoms with Gasteiger partial charge in [0.1, 0.15) is 0 Å². The van der Waals surface area contributed by atoms with Gasteiger partial charge in [-0.3, -0.25) is 4.79 Å². The fraction of sp³-hybridized carbons (Fsp3) is 0.235. The quantitative estimate of drug-likeness (QED) is 0.339. The van der Waals surface area contributed by atoms with Crippen LogP contribution in [0.5, 0.6) is 0 Å². The number of aliphatic hydroxyl groups excluding tert-OH is 1. The summed E-state index contributed by atoms with van der Waals surface area (Å²) in [5, 5.41) is 7.00. The molecule has 0 saturated carbocycles. The summed E-state index contributed by atoms with van der Waals surface area (Å²) in [6.07, 6.45) is 6.12. The molecular weight excluding hydrogens is 280 g/mol. The average molecular weight is 308 g/mol. The van der Waals surface area contributed by atoms with Crippen LogP contribution >= 0.6 is 0 Å². The normalized spacial score (nSPS) is 10.0. The number of para-hydroxylation sites is 1. The van der Waals surface area contributed by atoms with E-state index in [1.807, 2.05) is 38.1 Å². The highest BCUT2D eigenvalue weighted by atomic mass is 16.2. The molecule has 0 atom stereocenters. The summed E-state index contributed by atoms with van der Waals surface area (Å²) >= 11 is 0. The molecule has 0 amide bonds. The SMILES string of the molecule is C=C/C(C)=C/C=C(\C=O)c1ccccc1N.CCN.CO.O. The third kappa shape index (κ3) is 10.6. The molecule has 5 nitrogen and oxygen atoms in total. The van der Waals surface area contributed by atoms with Gasteiger partial charge in [-0.25, -0.2) is 0 Å². The maximum atomic E-state index is 11.0. The molecule has 0 spiro atoms. The molecule has 124 valence electrons. The van der Waals surface area contributed by atoms with Gasteiger partial charge in [-0.1, -0.05) is 55.5 Å². The predicted octanol–water partition coefficient (Wildman–Crippen LogP) is 1.73. The lowest BCUT2D eigenvalue weighted by Gasteiger charge is -2.03. The van der Waals surface area contributed by atoms with E-state index in [-0.39, 0.29) is 5.48 Å². The molecule has 0 aliphatic carbocycles. The van der Waals surface area contributed by atoms with Crippen LogP contribution < -0.4 is 11.5 Å². The van der Waals surface area contributed by atoms with Crippen molar-refractivity contribution in [2.24, 2.45) is 5.73 Å². The second-order valence-corrected chi connectivity index (χ2v) is 3.85. The number of carbonyl (C=O) groups excluding carboxylic acids is 1. The molecule has 0 aliphatic heterocycles. The topological polar surface area (TPSA) is 121 Å². The number of hydrogen-bond acceptors (Lipinski definition) is 4. The second kappa shape index (κ2) is 16.8. The van der Waals surface area contributed by atoms with Gasteiger partial charge < -0.3 is 22.1 Å². The monoisotopic (exact) mass is 308 g/mol. The van der Waals surface area contributed by atoms with Gasteiger partial charge in [-0.15, -0.1) is 0 Å². The van der Waals surface area contributed by atoms with Crippen molar-refractivity contribution in [1.82, 2.24) is 0 Å². The number of nitrogens with two attached hydrogens (primary N) is 2. The Balaban J connectivity index is -0.000000536. The average Bonchev–Trinajstić information content (AvgIpc) is 2.52. The zero-order valence-corrected chi connectivity index (χ0v) is 13.5. The van der Waals surface area contributed by atoms with Crippen molar-refractivity contribution in [1.29, 1.82) is 0 Å². The summed E-state index contributed by atoms with van der Waals surface area (Å²) in [5.74, 6) is 0. The minimum atomic E-state index is 0. The highest BCUT2D eigenvalue weighted by Crippen LogP contribution is 2.19. The van der Waals surface area contributed by atoms with E-state index in [9.17, 15) is 4.79 Å². The summed E-state index contributed by atoms with van der Waals surface area (Å²) < 4.78 is 0. The van der Waals surface area contributed by atoms with Crippen molar-refractivity contribution in [3.63, 3.8) is 0 Å². The number of aliphatic hydroxyl groups is 1. The van der Waals surface area contributed by atoms with Gasteiger partial charge in [-0.05, 0) is 19.5 Å². The molecule has 0 aliphatic rings. The number of allylic oxidation sites excluding steroid dienone is 5. The lowest BCUT2D eigenvalue weighted by atomic mass is 10.0. The van der Waals surface area contributed by atoms with Gasteiger partial charge in [-0.2, -0.15) is 0 Å². The number of anilines is 1. The van der Waals surface area contributed by atoms with E-state index in [1.165, 1.54) is 0 Å². The Morgan fingerprint density at radius 3 is 2.18 bits per heavy atom. The van der Waals surface area contributed by atoms with Crippen molar-refractivity contribution >= 4 is 17.5 Å². The van der Waals surface area contributed by atoms with Gasteiger partial charge in [0.25, 0.3) is 0 Å². The van der Waals surface area contributed by atoms with Crippen LogP contribution in [0.4, 0.5) is 5.69 Å². The molecule has 1 rings (SSSR count). The van der Waals surface area contributed by atoms with E-state index < -0.39 is 0 Å². The predicted molar refractivity (Wildman–Crippen MR) is 95.3 cm³/mol. The molecule has 22 heavy (non-hydrogen) atoms. The van der Waals surface area contributed by atoms with Crippen molar-refractivity contribution in [2.75, 3.05) is 19.4 Å². The highest BCUT2D eigenvalue weighted by molar-refractivity contribution is 6.09. The third-order valence-corrected chi connectivity index (χ3v) is 2.25. The Bertz CT molecular complexity index is 481. The van der Waals surface area contributed by atoms with Gasteiger partial charge in [0.15, 0.2) is 6.29 Å². The summed E-state index contributed by atoms with van der Waals surface area (Å²) in [6, 6.07) is 7.29. The van der Waals surface area contributed by atoms with Gasteiger partial charge in [0, 0.05) is 23.9 Å². The molecule has 0 aromatic heterocycles. The van der Waals surface area contributed by atoms with Gasteiger partial charge >= 0.3 is 0 Å². The standard InChI is InChI=1S/C14H15NO.C2H7N.CH4O.H2O/c1-3-11(2)8-9-12(10-16)13-6-4-5-7-14(13)15;1-2-3;1-2;/h3-10H,1,15H2,2H3;2-3H2,1H3;2H,1H3;1H2/b11-8+,12-9+;;;. The molecule has 0 bridgehead atoms. The summed E-state index contributed by atoms with van der Waals surface area (Å²) in [4.78, 5) is 11.0. The minimum absolute atomic E-state index is 0. The lowest BCUT2D eigenvalue weighted by molar-refractivity contribution is -0.103. The van der Waals surface area contributed by atoms with Crippen LogP contribution in [-0.4, -0.2) is 30.5 Å². The van der Waals surface area contributed by atoms with Crippen LogP contribution in [0.25, 0.3) is 5.57 Å². The first-order valence-electron chi connectivity index (χ1n) is 6.56. The molecule has 1 aromatic rings. The van der Waals surface area contributed by atoms with Crippen molar-refractivity contribution < 1.29 is 15.4 Å². The molecule has 5 heteroatoms. The van der Waals surface area contributed by atoms with E-state index in [4.69, 9.17) is 16.6 Å². The fourth-order valence-corrected chi connectivity index (χ4v) is 1.24. The number of nitrogen functional groups attached to an aromatic ring is 1. The van der Waals surface area contributed by atoms with Crippen LogP contribution in [0.1, 0.15) is 19.4 Å². The second-order valence-electron chi connectivity index (χ2n) is 3.85. The Hall–Kier alpha value is -2.21. The number of carbonyl (C=O) groups is 1. The molecule has 7 N–H and O–H groups in total. The number of benzene rings is 1. The molecule has 1 aromatic carbocycles. The van der Waals surface area contributed by atoms with Crippen LogP contribution in [0.15, 0.2) is 54.6 Å². The minimum Gasteiger partial charge on any atom is -0.412 e. The van der Waals surface area contributed by atoms with Gasteiger partial charge in [0.2, 0.25) is 0 Å². The molecule has 0 fully saturated rings. The van der Waals surface area contributed by atoms with Crippen molar-refractivity contribution in [3.8, 4) is 0 Å². The van der Waals surface area contributed by atoms with Gasteiger partial charge in [0.05, 0.1) is 0 Å². The first-order chi connectivity index (χ1) is 10.1. The Morgan fingerprint density at radius 1 is 1.27 bits per heavy atom. The molecule has 0 radical (unpaired) electrons. The summed E-state index contributed by atoms with van der Waals surface area (Å²) in [7, 11) is 1.00. The van der Waals surface area contributed by atoms with Crippen molar-refractivity contribution in [2.45, 2.75) is 13.8 Å². The summed E-state index contributed by atoms with van der Waals surface area (Å²) in [5.41, 5.74) is 13.6. The molecule has 0 heterocycles. The van der Waals surface area contributed by atoms with Crippen LogP contribution in [0, 0.1) is 0 Å². The van der Waals surface area contributed by atoms with E-state index >= 15 is 0 Å². The number of aldehydes is 1.